The van der Waals surface area contributed by atoms with E-state index in [-0.39, 0.29) is 11.7 Å². The lowest BCUT2D eigenvalue weighted by Gasteiger charge is -2.03. The molecule has 2 aliphatic rings. The lowest BCUT2D eigenvalue weighted by molar-refractivity contribution is 0.174. The molecule has 0 fully saturated rings. The van der Waals surface area contributed by atoms with Crippen LogP contribution in [0, 0.1) is 0 Å². The Balaban J connectivity index is 1.65. The maximum absolute atomic E-state index is 12.5. The van der Waals surface area contributed by atoms with Crippen LogP contribution in [-0.2, 0) is 16.6 Å². The van der Waals surface area contributed by atoms with E-state index in [0.29, 0.717) is 40.0 Å². The Bertz CT molecular complexity index is 1040. The molecule has 0 radical (unpaired) electrons. The maximum atomic E-state index is 12.5. The Morgan fingerprint density at radius 3 is 2.62 bits per heavy atom. The van der Waals surface area contributed by atoms with Crippen LogP contribution in [0.1, 0.15) is 18.1 Å². The minimum atomic E-state index is -3.65. The molecular formula is C18H15ClN2O4S. The fourth-order valence-electron chi connectivity index (χ4n) is 2.90. The monoisotopic (exact) mass is 390 g/mol. The lowest BCUT2D eigenvalue weighted by Crippen LogP contribution is -2.23. The molecule has 0 amide bonds. The van der Waals surface area contributed by atoms with E-state index in [4.69, 9.17) is 21.1 Å². The molecule has 0 unspecified atom stereocenters. The number of hydrogen-bond acceptors (Lipinski definition) is 5. The average molecular weight is 391 g/mol. The summed E-state index contributed by atoms with van der Waals surface area (Å²) >= 11 is 5.89. The van der Waals surface area contributed by atoms with Crippen molar-refractivity contribution in [1.82, 2.24) is 4.72 Å². The molecule has 0 spiro atoms. The summed E-state index contributed by atoms with van der Waals surface area (Å²) in [5.74, 6) is 1.71. The van der Waals surface area contributed by atoms with Crippen molar-refractivity contribution in [2.75, 3.05) is 6.79 Å². The molecule has 0 aliphatic carbocycles. The zero-order valence-corrected chi connectivity index (χ0v) is 15.4. The minimum Gasteiger partial charge on any atom is -0.454 e. The summed E-state index contributed by atoms with van der Waals surface area (Å²) in [6, 6.07) is 12.2. The largest absolute Gasteiger partial charge is 0.454 e. The number of hydrogen-bond donors (Lipinski definition) is 1. The Labute approximate surface area is 156 Å². The van der Waals surface area contributed by atoms with Gasteiger partial charge in [0.25, 0.3) is 10.0 Å². The van der Waals surface area contributed by atoms with Gasteiger partial charge in [-0.2, -0.15) is 0 Å². The van der Waals surface area contributed by atoms with Gasteiger partial charge in [-0.25, -0.2) is 8.42 Å². The quantitative estimate of drug-likeness (QED) is 0.872. The molecule has 1 N–H and O–H groups in total. The first kappa shape index (κ1) is 16.9. The molecule has 2 heterocycles. The molecule has 8 heteroatoms. The van der Waals surface area contributed by atoms with Crippen LogP contribution in [0.25, 0.3) is 4.91 Å². The van der Waals surface area contributed by atoms with Crippen molar-refractivity contribution >= 4 is 32.4 Å². The smallest absolute Gasteiger partial charge is 0.264 e. The zero-order valence-electron chi connectivity index (χ0n) is 13.8. The van der Waals surface area contributed by atoms with Gasteiger partial charge in [-0.15, -0.1) is 0 Å². The van der Waals surface area contributed by atoms with Gasteiger partial charge in [0.05, 0.1) is 6.54 Å². The Morgan fingerprint density at radius 2 is 1.85 bits per heavy atom. The highest BCUT2D eigenvalue weighted by Crippen LogP contribution is 2.33. The van der Waals surface area contributed by atoms with Gasteiger partial charge in [-0.05, 0) is 42.3 Å². The molecule has 6 nitrogen and oxygen atoms in total. The van der Waals surface area contributed by atoms with E-state index in [2.05, 4.69) is 9.71 Å². The third-order valence-corrected chi connectivity index (χ3v) is 5.95. The van der Waals surface area contributed by atoms with Crippen molar-refractivity contribution in [3.63, 3.8) is 0 Å². The molecule has 2 aromatic carbocycles. The second-order valence-electron chi connectivity index (χ2n) is 5.92. The Morgan fingerprint density at radius 1 is 1.12 bits per heavy atom. The molecule has 26 heavy (non-hydrogen) atoms. The summed E-state index contributed by atoms with van der Waals surface area (Å²) in [4.78, 5) is 4.66. The number of fused-ring (bicyclic) bond motifs is 1. The van der Waals surface area contributed by atoms with Crippen LogP contribution in [-0.4, -0.2) is 21.0 Å². The van der Waals surface area contributed by atoms with Gasteiger partial charge in [0.2, 0.25) is 6.79 Å². The van der Waals surface area contributed by atoms with E-state index in [1.165, 1.54) is 0 Å². The van der Waals surface area contributed by atoms with Crippen molar-refractivity contribution < 1.29 is 17.9 Å². The van der Waals surface area contributed by atoms with Crippen molar-refractivity contribution in [3.8, 4) is 11.5 Å². The Kier molecular flexibility index (Phi) is 4.13. The Hall–Kier alpha value is -2.51. The number of sulfonamides is 1. The fraction of sp³-hybridized carbons (Fsp3) is 0.167. The first-order chi connectivity index (χ1) is 12.4. The van der Waals surface area contributed by atoms with E-state index in [1.54, 1.807) is 31.2 Å². The van der Waals surface area contributed by atoms with E-state index >= 15 is 0 Å². The van der Waals surface area contributed by atoms with Crippen LogP contribution in [0.15, 0.2) is 53.0 Å². The standard InChI is InChI=1S/C18H15ClN2O4S/c1-11-17(13-3-5-14(19)6-4-13)26(22,23)21-18(11)20-9-12-2-7-15-16(8-12)25-10-24-15/h2-8H,9-10H2,1H3,(H,20,21). The summed E-state index contributed by atoms with van der Waals surface area (Å²) in [5.41, 5.74) is 2.05. The number of ether oxygens (including phenoxy) is 2. The molecule has 0 saturated heterocycles. The lowest BCUT2D eigenvalue weighted by atomic mass is 10.1. The number of halogens is 1. The molecule has 0 bridgehead atoms. The van der Waals surface area contributed by atoms with Gasteiger partial charge >= 0.3 is 0 Å². The van der Waals surface area contributed by atoms with E-state index in [9.17, 15) is 8.42 Å². The topological polar surface area (TPSA) is 77.0 Å². The van der Waals surface area contributed by atoms with Gasteiger partial charge in [0, 0.05) is 10.6 Å². The molecule has 4 rings (SSSR count). The van der Waals surface area contributed by atoms with E-state index in [1.807, 2.05) is 18.2 Å². The number of amidine groups is 1. The van der Waals surface area contributed by atoms with Crippen LogP contribution in [0.4, 0.5) is 0 Å². The third kappa shape index (κ3) is 3.04. The predicted octanol–water partition coefficient (Wildman–Crippen LogP) is 3.33. The van der Waals surface area contributed by atoms with Gasteiger partial charge in [-0.3, -0.25) is 9.71 Å². The number of nitrogens with one attached hydrogen (secondary N) is 1. The summed E-state index contributed by atoms with van der Waals surface area (Å²) < 4.78 is 38.2. The normalized spacial score (nSPS) is 19.1. The molecular weight excluding hydrogens is 376 g/mol. The molecule has 0 atom stereocenters. The molecule has 2 aliphatic heterocycles. The first-order valence-corrected chi connectivity index (χ1v) is 9.73. The highest BCUT2D eigenvalue weighted by atomic mass is 35.5. The van der Waals surface area contributed by atoms with Crippen molar-refractivity contribution in [2.45, 2.75) is 13.5 Å². The molecule has 2 aromatic rings. The number of aliphatic imine (C=N–C) groups is 1. The summed E-state index contributed by atoms with van der Waals surface area (Å²) in [5, 5.41) is 0.548. The third-order valence-electron chi connectivity index (χ3n) is 4.16. The highest BCUT2D eigenvalue weighted by Gasteiger charge is 2.32. The number of nitrogens with zero attached hydrogens (tertiary/aromatic N) is 1. The van der Waals surface area contributed by atoms with Crippen molar-refractivity contribution in [2.24, 2.45) is 4.99 Å². The summed E-state index contributed by atoms with van der Waals surface area (Å²) in [7, 11) is -3.65. The SMILES string of the molecule is CC1=C(c2ccc(Cl)cc2)S(=O)(=O)NC1=NCc1ccc2c(c1)OCO2. The zero-order chi connectivity index (χ0) is 18.3. The highest BCUT2D eigenvalue weighted by molar-refractivity contribution is 8.00. The number of rotatable bonds is 3. The van der Waals surface area contributed by atoms with Crippen molar-refractivity contribution in [1.29, 1.82) is 0 Å². The second-order valence-corrected chi connectivity index (χ2v) is 7.97. The van der Waals surface area contributed by atoms with Gasteiger partial charge in [0.15, 0.2) is 11.5 Å². The van der Waals surface area contributed by atoms with Crippen LogP contribution >= 0.6 is 11.6 Å². The molecule has 134 valence electrons. The predicted molar refractivity (Wildman–Crippen MR) is 99.8 cm³/mol. The molecule has 0 saturated carbocycles. The fourth-order valence-corrected chi connectivity index (χ4v) is 4.54. The van der Waals surface area contributed by atoms with Crippen LogP contribution in [0.3, 0.4) is 0 Å². The van der Waals surface area contributed by atoms with E-state index < -0.39 is 10.0 Å². The summed E-state index contributed by atoms with van der Waals surface area (Å²) in [6.07, 6.45) is 0. The van der Waals surface area contributed by atoms with Gasteiger partial charge in [-0.1, -0.05) is 29.8 Å². The van der Waals surface area contributed by atoms with Crippen LogP contribution in [0.2, 0.25) is 5.02 Å². The van der Waals surface area contributed by atoms with Crippen LogP contribution in [0.5, 0.6) is 11.5 Å². The first-order valence-electron chi connectivity index (χ1n) is 7.87. The second kappa shape index (κ2) is 6.34. The summed E-state index contributed by atoms with van der Waals surface area (Å²) in [6.45, 7) is 2.26. The molecule has 0 aromatic heterocycles. The maximum Gasteiger partial charge on any atom is 0.264 e. The van der Waals surface area contributed by atoms with Crippen LogP contribution < -0.4 is 14.2 Å². The van der Waals surface area contributed by atoms with Gasteiger partial charge in [0.1, 0.15) is 10.7 Å². The number of benzene rings is 2. The average Bonchev–Trinajstić information content (AvgIpc) is 3.16. The van der Waals surface area contributed by atoms with E-state index in [0.717, 1.165) is 5.56 Å². The minimum absolute atomic E-state index is 0.208. The van der Waals surface area contributed by atoms with Crippen molar-refractivity contribution in [3.05, 3.63) is 64.2 Å². The van der Waals surface area contributed by atoms with Gasteiger partial charge < -0.3 is 9.47 Å².